The second-order valence-electron chi connectivity index (χ2n) is 9.62. The number of nitrogens with zero attached hydrogens (tertiary/aromatic N) is 6. The van der Waals surface area contributed by atoms with Crippen molar-refractivity contribution < 1.29 is 54.2 Å². The molecule has 45 heavy (non-hydrogen) atoms. The molecule has 0 saturated carbocycles. The van der Waals surface area contributed by atoms with Crippen LogP contribution in [0.3, 0.4) is 0 Å². The topological polar surface area (TPSA) is 96.6 Å². The molecule has 2 aromatic carbocycles. The van der Waals surface area contributed by atoms with E-state index in [0.717, 1.165) is 21.8 Å². The van der Waals surface area contributed by atoms with Gasteiger partial charge in [-0.1, -0.05) is 5.10 Å². The molecule has 0 fully saturated rings. The summed E-state index contributed by atoms with van der Waals surface area (Å²) < 4.78 is 124. The second-order valence-corrected chi connectivity index (χ2v) is 9.62. The van der Waals surface area contributed by atoms with Crippen LogP contribution in [0.2, 0.25) is 0 Å². The molecule has 3 rings (SSSR count). The molecule has 0 atom stereocenters. The van der Waals surface area contributed by atoms with Crippen molar-refractivity contribution in [2.45, 2.75) is 58.0 Å². The van der Waals surface area contributed by atoms with Gasteiger partial charge in [-0.25, -0.2) is 0 Å². The highest BCUT2D eigenvalue weighted by Gasteiger charge is 2.37. The van der Waals surface area contributed by atoms with Crippen LogP contribution >= 0.6 is 12.4 Å². The summed E-state index contributed by atoms with van der Waals surface area (Å²) in [6.45, 7) is 1.35. The first-order chi connectivity index (χ1) is 20.4. The van der Waals surface area contributed by atoms with Gasteiger partial charge in [-0.15, -0.1) is 30.7 Å². The van der Waals surface area contributed by atoms with Gasteiger partial charge in [0.1, 0.15) is 5.75 Å². The minimum Gasteiger partial charge on any atom is -0.481 e. The fourth-order valence-electron chi connectivity index (χ4n) is 4.36. The lowest BCUT2D eigenvalue weighted by atomic mass is 10.0. The first-order valence-electron chi connectivity index (χ1n) is 13.0. The van der Waals surface area contributed by atoms with E-state index in [0.29, 0.717) is 43.8 Å². The number of aromatic nitrogens is 4. The lowest BCUT2D eigenvalue weighted by Crippen LogP contribution is -2.29. The van der Waals surface area contributed by atoms with Crippen molar-refractivity contribution in [1.29, 1.82) is 0 Å². The maximum atomic E-state index is 13.5. The van der Waals surface area contributed by atoms with Crippen molar-refractivity contribution in [3.05, 3.63) is 58.7 Å². The van der Waals surface area contributed by atoms with Gasteiger partial charge in [0.2, 0.25) is 0 Å². The smallest absolute Gasteiger partial charge is 0.481 e. The molecule has 0 unspecified atom stereocenters. The zero-order valence-corrected chi connectivity index (χ0v) is 24.5. The molecule has 0 aliphatic heterocycles. The fourth-order valence-corrected chi connectivity index (χ4v) is 4.36. The van der Waals surface area contributed by atoms with E-state index in [1.54, 1.807) is 11.8 Å². The number of tetrazole rings is 1. The van der Waals surface area contributed by atoms with Gasteiger partial charge in [0.15, 0.2) is 0 Å². The Morgan fingerprint density at radius 3 is 2.02 bits per heavy atom. The Morgan fingerprint density at radius 2 is 1.53 bits per heavy atom. The maximum absolute atomic E-state index is 13.5. The number of carboxylic acids is 1. The predicted molar refractivity (Wildman–Crippen MR) is 145 cm³/mol. The Morgan fingerprint density at radius 1 is 0.911 bits per heavy atom. The van der Waals surface area contributed by atoms with Crippen molar-refractivity contribution in [1.82, 2.24) is 20.2 Å². The normalized spacial score (nSPS) is 12.1. The van der Waals surface area contributed by atoms with E-state index in [4.69, 9.17) is 5.11 Å². The zero-order valence-electron chi connectivity index (χ0n) is 23.7. The molecular weight excluding hydrogens is 651 g/mol. The standard InChI is InChI=1S/C26H27F9N6O3.ClH/c1-3-40(9-5-4-6-22(42)43)21-8-7-20(44-26(33,34)35)12-17(21)15-41(23-36-38-39(2)37-23)14-16-10-18(24(27,28)29)13-19(11-16)25(30,31)32;/h7-8,10-13H,3-6,9,14-15H2,1-2H3,(H,42,43);1H. The van der Waals surface area contributed by atoms with E-state index in [-0.39, 0.29) is 43.0 Å². The van der Waals surface area contributed by atoms with E-state index >= 15 is 0 Å². The summed E-state index contributed by atoms with van der Waals surface area (Å²) in [5.74, 6) is -1.85. The van der Waals surface area contributed by atoms with Crippen LogP contribution in [0.5, 0.6) is 5.75 Å². The number of carboxylic acid groups (broad SMARTS) is 1. The maximum Gasteiger partial charge on any atom is 0.573 e. The number of carbonyl (C=O) groups is 1. The Hall–Kier alpha value is -3.96. The summed E-state index contributed by atoms with van der Waals surface area (Å²) in [4.78, 5) is 14.8. The third-order valence-corrected chi connectivity index (χ3v) is 6.24. The summed E-state index contributed by atoms with van der Waals surface area (Å²) in [5.41, 5.74) is -3.01. The van der Waals surface area contributed by atoms with Gasteiger partial charge >= 0.3 is 24.7 Å². The zero-order chi connectivity index (χ0) is 32.9. The van der Waals surface area contributed by atoms with Crippen molar-refractivity contribution >= 4 is 30.0 Å². The molecule has 0 amide bonds. The van der Waals surface area contributed by atoms with E-state index < -0.39 is 53.7 Å². The number of rotatable bonds is 13. The summed E-state index contributed by atoms with van der Waals surface area (Å²) >= 11 is 0. The van der Waals surface area contributed by atoms with Crippen LogP contribution in [0.15, 0.2) is 36.4 Å². The van der Waals surface area contributed by atoms with Crippen LogP contribution in [-0.4, -0.2) is 50.7 Å². The Kier molecular flexibility index (Phi) is 12.3. The first-order valence-corrected chi connectivity index (χ1v) is 13.0. The van der Waals surface area contributed by atoms with Gasteiger partial charge in [-0.05, 0) is 72.5 Å². The van der Waals surface area contributed by atoms with Crippen LogP contribution in [0.4, 0.5) is 51.1 Å². The highest BCUT2D eigenvalue weighted by molar-refractivity contribution is 5.85. The van der Waals surface area contributed by atoms with Crippen LogP contribution in [0.25, 0.3) is 0 Å². The minimum atomic E-state index is -5.11. The van der Waals surface area contributed by atoms with Crippen molar-refractivity contribution in [2.75, 3.05) is 22.9 Å². The van der Waals surface area contributed by atoms with Gasteiger partial charge in [0, 0.05) is 38.3 Å². The van der Waals surface area contributed by atoms with Crippen molar-refractivity contribution in [3.63, 3.8) is 0 Å². The molecular formula is C26H28ClF9N6O3. The Balaban J connectivity index is 0.00000705. The largest absolute Gasteiger partial charge is 0.573 e. The molecule has 1 heterocycles. The number of halogens is 10. The number of hydrogen-bond acceptors (Lipinski definition) is 7. The van der Waals surface area contributed by atoms with Gasteiger partial charge in [-0.3, -0.25) is 4.79 Å². The number of anilines is 2. The van der Waals surface area contributed by atoms with Crippen molar-refractivity contribution in [3.8, 4) is 5.75 Å². The van der Waals surface area contributed by atoms with Crippen molar-refractivity contribution in [2.24, 2.45) is 7.05 Å². The lowest BCUT2D eigenvalue weighted by Gasteiger charge is -2.29. The number of aryl methyl sites for hydroxylation is 1. The first kappa shape index (κ1) is 37.2. The SMILES string of the molecule is CCN(CCCCC(=O)O)c1ccc(OC(F)(F)F)cc1CN(Cc1cc(C(F)(F)F)cc(C(F)(F)F)c1)c1nnn(C)n1.Cl. The van der Waals surface area contributed by atoms with Crippen LogP contribution in [-0.2, 0) is 37.3 Å². The second kappa shape index (κ2) is 14.9. The van der Waals surface area contributed by atoms with Gasteiger partial charge < -0.3 is 19.6 Å². The number of alkyl halides is 9. The summed E-state index contributed by atoms with van der Waals surface area (Å²) in [6, 6.07) is 4.46. The number of ether oxygens (including phenoxy) is 1. The fraction of sp³-hybridized carbons (Fsp3) is 0.462. The van der Waals surface area contributed by atoms with E-state index in [1.807, 2.05) is 0 Å². The summed E-state index contributed by atoms with van der Waals surface area (Å²) in [5, 5.41) is 20.4. The van der Waals surface area contributed by atoms with E-state index in [1.165, 1.54) is 13.1 Å². The molecule has 1 aromatic heterocycles. The summed E-state index contributed by atoms with van der Waals surface area (Å²) in [6.07, 6.45) is -14.7. The molecule has 0 aliphatic rings. The molecule has 19 heteroatoms. The molecule has 0 saturated heterocycles. The molecule has 0 bridgehead atoms. The van der Waals surface area contributed by atoms with Crippen LogP contribution in [0.1, 0.15) is 48.4 Å². The average molecular weight is 679 g/mol. The van der Waals surface area contributed by atoms with E-state index in [9.17, 15) is 44.3 Å². The Labute approximate surface area is 257 Å². The number of benzene rings is 2. The monoisotopic (exact) mass is 678 g/mol. The number of unbranched alkanes of at least 4 members (excludes halogenated alkanes) is 1. The molecule has 0 aliphatic carbocycles. The van der Waals surface area contributed by atoms with Gasteiger partial charge in [0.25, 0.3) is 5.95 Å². The van der Waals surface area contributed by atoms with Gasteiger partial charge in [-0.2, -0.15) is 31.1 Å². The molecule has 1 N–H and O–H groups in total. The third kappa shape index (κ3) is 11.2. The third-order valence-electron chi connectivity index (χ3n) is 6.24. The van der Waals surface area contributed by atoms with Crippen LogP contribution < -0.4 is 14.5 Å². The Bertz CT molecular complexity index is 1400. The van der Waals surface area contributed by atoms with Gasteiger partial charge in [0.05, 0.1) is 18.2 Å². The number of aliphatic carboxylic acids is 1. The molecule has 0 radical (unpaired) electrons. The minimum absolute atomic E-state index is 0. The molecule has 250 valence electrons. The number of hydrogen-bond donors (Lipinski definition) is 1. The summed E-state index contributed by atoms with van der Waals surface area (Å²) in [7, 11) is 1.36. The average Bonchev–Trinajstić information content (AvgIpc) is 3.33. The quantitative estimate of drug-likeness (QED) is 0.155. The molecule has 0 spiro atoms. The predicted octanol–water partition coefficient (Wildman–Crippen LogP) is 6.86. The molecule has 3 aromatic rings. The highest BCUT2D eigenvalue weighted by atomic mass is 35.5. The molecule has 9 nitrogen and oxygen atoms in total. The lowest BCUT2D eigenvalue weighted by molar-refractivity contribution is -0.274. The van der Waals surface area contributed by atoms with Crippen LogP contribution in [0, 0.1) is 0 Å². The highest BCUT2D eigenvalue weighted by Crippen LogP contribution is 2.37. The van der Waals surface area contributed by atoms with E-state index in [2.05, 4.69) is 20.1 Å².